The van der Waals surface area contributed by atoms with Gasteiger partial charge in [-0.3, -0.25) is 4.79 Å². The molecular formula is C16H20ClNO. The van der Waals surface area contributed by atoms with Crippen LogP contribution in [0.1, 0.15) is 18.9 Å². The average Bonchev–Trinajstić information content (AvgIpc) is 2.43. The molecule has 0 aromatic heterocycles. The van der Waals surface area contributed by atoms with E-state index in [-0.39, 0.29) is 11.8 Å². The molecule has 102 valence electrons. The SMILES string of the molecule is C=CC(/C=C(\C)C(=O)NC)CCc1ccc(Cl)cc1. The van der Waals surface area contributed by atoms with Crippen molar-refractivity contribution in [2.45, 2.75) is 19.8 Å². The van der Waals surface area contributed by atoms with E-state index in [1.807, 2.05) is 43.3 Å². The van der Waals surface area contributed by atoms with Crippen molar-refractivity contribution in [3.8, 4) is 0 Å². The maximum absolute atomic E-state index is 11.4. The molecule has 19 heavy (non-hydrogen) atoms. The molecule has 1 aromatic rings. The van der Waals surface area contributed by atoms with Crippen LogP contribution in [0.4, 0.5) is 0 Å². The Hall–Kier alpha value is -1.54. The molecule has 1 atom stereocenters. The van der Waals surface area contributed by atoms with Gasteiger partial charge in [-0.2, -0.15) is 0 Å². The molecule has 0 radical (unpaired) electrons. The zero-order valence-electron chi connectivity index (χ0n) is 11.4. The minimum Gasteiger partial charge on any atom is -0.355 e. The molecule has 0 aliphatic rings. The first-order valence-corrected chi connectivity index (χ1v) is 6.72. The van der Waals surface area contributed by atoms with Gasteiger partial charge in [0.05, 0.1) is 0 Å². The summed E-state index contributed by atoms with van der Waals surface area (Å²) in [5, 5.41) is 3.37. The van der Waals surface area contributed by atoms with Gasteiger partial charge < -0.3 is 5.32 Å². The molecule has 3 heteroatoms. The van der Waals surface area contributed by atoms with E-state index in [4.69, 9.17) is 11.6 Å². The van der Waals surface area contributed by atoms with Crippen molar-refractivity contribution >= 4 is 17.5 Å². The first-order valence-electron chi connectivity index (χ1n) is 6.34. The first kappa shape index (κ1) is 15.5. The van der Waals surface area contributed by atoms with E-state index >= 15 is 0 Å². The van der Waals surface area contributed by atoms with E-state index in [0.29, 0.717) is 0 Å². The molecule has 0 bridgehead atoms. The van der Waals surface area contributed by atoms with Crippen LogP contribution in [0.5, 0.6) is 0 Å². The average molecular weight is 278 g/mol. The zero-order chi connectivity index (χ0) is 14.3. The smallest absolute Gasteiger partial charge is 0.246 e. The Kier molecular flexibility index (Phi) is 6.37. The highest BCUT2D eigenvalue weighted by atomic mass is 35.5. The molecule has 1 amide bonds. The number of benzene rings is 1. The first-order chi connectivity index (χ1) is 9.06. The lowest BCUT2D eigenvalue weighted by molar-refractivity contribution is -0.117. The van der Waals surface area contributed by atoms with Crippen molar-refractivity contribution in [3.05, 3.63) is 59.2 Å². The Labute approximate surface area is 120 Å². The molecule has 1 unspecified atom stereocenters. The van der Waals surface area contributed by atoms with Crippen molar-refractivity contribution in [2.75, 3.05) is 7.05 Å². The van der Waals surface area contributed by atoms with E-state index in [0.717, 1.165) is 23.4 Å². The van der Waals surface area contributed by atoms with E-state index in [2.05, 4.69) is 11.9 Å². The van der Waals surface area contributed by atoms with Crippen molar-refractivity contribution in [2.24, 2.45) is 5.92 Å². The zero-order valence-corrected chi connectivity index (χ0v) is 12.2. The minimum atomic E-state index is -0.0432. The van der Waals surface area contributed by atoms with Gasteiger partial charge in [0.25, 0.3) is 0 Å². The lowest BCUT2D eigenvalue weighted by Crippen LogP contribution is -2.19. The standard InChI is InChI=1S/C16H20ClNO/c1-4-13(11-12(2)16(19)18-3)5-6-14-7-9-15(17)10-8-14/h4,7-11,13H,1,5-6H2,2-3H3,(H,18,19)/b12-11+. The highest BCUT2D eigenvalue weighted by Gasteiger charge is 2.06. The largest absolute Gasteiger partial charge is 0.355 e. The molecule has 0 aliphatic heterocycles. The van der Waals surface area contributed by atoms with Gasteiger partial charge in [0.1, 0.15) is 0 Å². The third kappa shape index (κ3) is 5.31. The summed E-state index contributed by atoms with van der Waals surface area (Å²) in [5.41, 5.74) is 1.96. The van der Waals surface area contributed by atoms with Crippen LogP contribution in [0, 0.1) is 5.92 Å². The summed E-state index contributed by atoms with van der Waals surface area (Å²) in [6, 6.07) is 7.84. The van der Waals surface area contributed by atoms with Crippen LogP contribution < -0.4 is 5.32 Å². The minimum absolute atomic E-state index is 0.0432. The molecule has 0 spiro atoms. The van der Waals surface area contributed by atoms with E-state index < -0.39 is 0 Å². The quantitative estimate of drug-likeness (QED) is 0.622. The van der Waals surface area contributed by atoms with Gasteiger partial charge >= 0.3 is 0 Å². The summed E-state index contributed by atoms with van der Waals surface area (Å²) >= 11 is 5.85. The van der Waals surface area contributed by atoms with Crippen LogP contribution in [0.15, 0.2) is 48.6 Å². The lowest BCUT2D eigenvalue weighted by Gasteiger charge is -2.09. The summed E-state index contributed by atoms with van der Waals surface area (Å²) < 4.78 is 0. The summed E-state index contributed by atoms with van der Waals surface area (Å²) in [6.45, 7) is 5.65. The lowest BCUT2D eigenvalue weighted by atomic mass is 9.97. The maximum atomic E-state index is 11.4. The van der Waals surface area contributed by atoms with Crippen molar-refractivity contribution in [1.82, 2.24) is 5.32 Å². The second-order valence-corrected chi connectivity index (χ2v) is 4.93. The van der Waals surface area contributed by atoms with Crippen LogP contribution in [0.25, 0.3) is 0 Å². The number of aryl methyl sites for hydroxylation is 1. The molecule has 0 aliphatic carbocycles. The number of carbonyl (C=O) groups excluding carboxylic acids is 1. The fourth-order valence-electron chi connectivity index (χ4n) is 1.85. The molecule has 1 rings (SSSR count). The van der Waals surface area contributed by atoms with E-state index in [1.165, 1.54) is 5.56 Å². The number of halogens is 1. The van der Waals surface area contributed by atoms with Gasteiger partial charge in [-0.25, -0.2) is 0 Å². The molecule has 1 aromatic carbocycles. The molecule has 1 N–H and O–H groups in total. The molecule has 0 saturated carbocycles. The third-order valence-electron chi connectivity index (χ3n) is 3.03. The van der Waals surface area contributed by atoms with Crippen LogP contribution in [-0.4, -0.2) is 13.0 Å². The van der Waals surface area contributed by atoms with Gasteiger partial charge in [-0.15, -0.1) is 6.58 Å². The van der Waals surface area contributed by atoms with Crippen molar-refractivity contribution in [1.29, 1.82) is 0 Å². The predicted octanol–water partition coefficient (Wildman–Crippen LogP) is 3.77. The highest BCUT2D eigenvalue weighted by molar-refractivity contribution is 6.30. The summed E-state index contributed by atoms with van der Waals surface area (Å²) in [6.07, 6.45) is 5.70. The van der Waals surface area contributed by atoms with Crippen LogP contribution in [-0.2, 0) is 11.2 Å². The molecular weight excluding hydrogens is 258 g/mol. The summed E-state index contributed by atoms with van der Waals surface area (Å²) in [4.78, 5) is 11.4. The van der Waals surface area contributed by atoms with Gasteiger partial charge in [-0.05, 0) is 43.4 Å². The van der Waals surface area contributed by atoms with Crippen LogP contribution in [0.2, 0.25) is 5.02 Å². The summed E-state index contributed by atoms with van der Waals surface area (Å²) in [7, 11) is 1.64. The van der Waals surface area contributed by atoms with E-state index in [1.54, 1.807) is 7.05 Å². The number of rotatable bonds is 6. The maximum Gasteiger partial charge on any atom is 0.246 e. The van der Waals surface area contributed by atoms with Crippen LogP contribution >= 0.6 is 11.6 Å². The number of allylic oxidation sites excluding steroid dienone is 2. The molecule has 2 nitrogen and oxygen atoms in total. The Balaban J connectivity index is 2.60. The second-order valence-electron chi connectivity index (χ2n) is 4.49. The highest BCUT2D eigenvalue weighted by Crippen LogP contribution is 2.16. The van der Waals surface area contributed by atoms with Crippen molar-refractivity contribution in [3.63, 3.8) is 0 Å². The third-order valence-corrected chi connectivity index (χ3v) is 3.28. The van der Waals surface area contributed by atoms with Gasteiger partial charge in [-0.1, -0.05) is 35.9 Å². The fourth-order valence-corrected chi connectivity index (χ4v) is 1.97. The summed E-state index contributed by atoms with van der Waals surface area (Å²) in [5.74, 6) is 0.159. The van der Waals surface area contributed by atoms with Gasteiger partial charge in [0, 0.05) is 17.6 Å². The Bertz CT molecular complexity index is 462. The molecule has 0 saturated heterocycles. The van der Waals surface area contributed by atoms with Gasteiger partial charge in [0.15, 0.2) is 0 Å². The Morgan fingerprint density at radius 2 is 2.05 bits per heavy atom. The van der Waals surface area contributed by atoms with E-state index in [9.17, 15) is 4.79 Å². The van der Waals surface area contributed by atoms with Crippen molar-refractivity contribution < 1.29 is 4.79 Å². The molecule has 0 fully saturated rings. The normalized spacial score (nSPS) is 12.9. The second kappa shape index (κ2) is 7.80. The number of carbonyl (C=O) groups is 1. The number of nitrogens with one attached hydrogen (secondary N) is 1. The molecule has 0 heterocycles. The monoisotopic (exact) mass is 277 g/mol. The van der Waals surface area contributed by atoms with Crippen LogP contribution in [0.3, 0.4) is 0 Å². The predicted molar refractivity (Wildman–Crippen MR) is 81.3 cm³/mol. The number of likely N-dealkylation sites (N-methyl/N-ethyl adjacent to an activating group) is 1. The van der Waals surface area contributed by atoms with Gasteiger partial charge in [0.2, 0.25) is 5.91 Å². The topological polar surface area (TPSA) is 29.1 Å². The Morgan fingerprint density at radius 1 is 1.42 bits per heavy atom. The Morgan fingerprint density at radius 3 is 2.58 bits per heavy atom. The number of hydrogen-bond acceptors (Lipinski definition) is 1. The number of amides is 1. The number of hydrogen-bond donors (Lipinski definition) is 1. The fraction of sp³-hybridized carbons (Fsp3) is 0.312.